The van der Waals surface area contributed by atoms with Crippen LogP contribution < -0.4 is 16.0 Å². The van der Waals surface area contributed by atoms with Crippen molar-refractivity contribution >= 4 is 46.5 Å². The molecule has 1 aliphatic carbocycles. The summed E-state index contributed by atoms with van der Waals surface area (Å²) in [7, 11) is 5.80. The molecule has 228 valence electrons. The molecule has 0 aliphatic heterocycles. The fourth-order valence-corrected chi connectivity index (χ4v) is 5.56. The van der Waals surface area contributed by atoms with Gasteiger partial charge in [0.2, 0.25) is 11.8 Å². The molecule has 0 saturated carbocycles. The van der Waals surface area contributed by atoms with Gasteiger partial charge in [0.1, 0.15) is 0 Å². The summed E-state index contributed by atoms with van der Waals surface area (Å²) < 4.78 is 0.176. The lowest BCUT2D eigenvalue weighted by molar-refractivity contribution is -0.121. The molecule has 3 N–H and O–H groups in total. The second-order valence-electron chi connectivity index (χ2n) is 11.9. The van der Waals surface area contributed by atoms with Crippen LogP contribution in [0.25, 0.3) is 0 Å². The minimum Gasteiger partial charge on any atom is -0.384 e. The van der Waals surface area contributed by atoms with Crippen molar-refractivity contribution in [3.8, 4) is 0 Å². The average molecular weight is 596 g/mol. The first-order valence-corrected chi connectivity index (χ1v) is 15.5. The predicted molar refractivity (Wildman–Crippen MR) is 172 cm³/mol. The van der Waals surface area contributed by atoms with E-state index in [1.807, 2.05) is 42.7 Å². The van der Waals surface area contributed by atoms with E-state index in [-0.39, 0.29) is 39.3 Å². The molecule has 0 aromatic heterocycles. The fourth-order valence-electron chi connectivity index (χ4n) is 4.74. The van der Waals surface area contributed by atoms with Gasteiger partial charge < -0.3 is 20.9 Å². The van der Waals surface area contributed by atoms with Gasteiger partial charge in [-0.05, 0) is 52.7 Å². The van der Waals surface area contributed by atoms with Crippen LogP contribution in [-0.4, -0.2) is 97.5 Å². The zero-order chi connectivity index (χ0) is 30.9. The highest BCUT2D eigenvalue weighted by atomic mass is 32.2. The molecule has 2 aromatic rings. The average Bonchev–Trinajstić information content (AvgIpc) is 2.91. The summed E-state index contributed by atoms with van der Waals surface area (Å²) in [5, 5.41) is 9.17. The number of amides is 2. The Balaban J connectivity index is 1.64. The van der Waals surface area contributed by atoms with Crippen molar-refractivity contribution in [2.45, 2.75) is 44.8 Å². The second kappa shape index (κ2) is 15.3. The molecule has 0 spiro atoms. The highest BCUT2D eigenvalue weighted by Crippen LogP contribution is 2.36. The number of benzene rings is 2. The number of hydrogen-bond acceptors (Lipinski definition) is 8. The fraction of sp³-hybridized carbons (Fsp3) is 0.500. The van der Waals surface area contributed by atoms with E-state index >= 15 is 0 Å². The Morgan fingerprint density at radius 3 is 2.05 bits per heavy atom. The Kier molecular flexibility index (Phi) is 12.1. The minimum atomic E-state index is -0.279. The Hall–Kier alpha value is -3.21. The molecule has 3 rings (SSSR count). The highest BCUT2D eigenvalue weighted by molar-refractivity contribution is 8.00. The Bertz CT molecular complexity index is 1290. The van der Waals surface area contributed by atoms with Crippen molar-refractivity contribution in [2.75, 3.05) is 70.3 Å². The first-order chi connectivity index (χ1) is 19.9. The van der Waals surface area contributed by atoms with Crippen LogP contribution in [0.4, 0.5) is 11.4 Å². The van der Waals surface area contributed by atoms with Crippen LogP contribution in [0.15, 0.2) is 36.4 Å². The molecule has 0 radical (unpaired) electrons. The van der Waals surface area contributed by atoms with Crippen molar-refractivity contribution in [1.29, 1.82) is 0 Å². The molecule has 0 bridgehead atoms. The Morgan fingerprint density at radius 2 is 1.43 bits per heavy atom. The molecule has 9 nitrogen and oxygen atoms in total. The van der Waals surface area contributed by atoms with E-state index in [0.717, 1.165) is 18.7 Å². The Labute approximate surface area is 254 Å². The normalized spacial score (nSPS) is 12.8. The maximum atomic E-state index is 13.6. The van der Waals surface area contributed by atoms with Gasteiger partial charge in [-0.3, -0.25) is 24.1 Å². The molecular formula is C32H45N5O4S. The second-order valence-corrected chi connectivity index (χ2v) is 13.8. The van der Waals surface area contributed by atoms with Gasteiger partial charge in [0.05, 0.1) is 23.4 Å². The van der Waals surface area contributed by atoms with Crippen LogP contribution in [-0.2, 0) is 9.59 Å². The van der Waals surface area contributed by atoms with E-state index in [2.05, 4.69) is 36.7 Å². The standard InChI is InChI=1S/C32H45N5O4S/c1-32(2,3)42-20-17-34-27(39)21-37(6)19-10-16-33-24-14-15-25(35-26(38)13-9-18-36(4)5)29-28(24)30(40)22-11-7-8-12-23(22)31(29)41/h7-8,11-12,14-15,33H,9-10,13,16-21H2,1-6H3,(H,34,39)(H,35,38). The van der Waals surface area contributed by atoms with Crippen molar-refractivity contribution in [3.63, 3.8) is 0 Å². The highest BCUT2D eigenvalue weighted by Gasteiger charge is 2.34. The molecule has 1 aliphatic rings. The number of nitrogens with one attached hydrogen (secondary N) is 3. The number of ketones is 2. The third-order valence-electron chi connectivity index (χ3n) is 6.76. The SMILES string of the molecule is CN(C)CCCC(=O)Nc1ccc(NCCCN(C)CC(=O)NCCSC(C)(C)C)c2c1C(=O)c1ccccc1C2=O. The third kappa shape index (κ3) is 9.68. The van der Waals surface area contributed by atoms with E-state index in [0.29, 0.717) is 61.5 Å². The number of fused-ring (bicyclic) bond motifs is 2. The Morgan fingerprint density at radius 1 is 0.810 bits per heavy atom. The van der Waals surface area contributed by atoms with E-state index < -0.39 is 0 Å². The van der Waals surface area contributed by atoms with E-state index in [9.17, 15) is 19.2 Å². The minimum absolute atomic E-state index is 0.00355. The molecule has 0 fully saturated rings. The molecular weight excluding hydrogens is 550 g/mol. The van der Waals surface area contributed by atoms with E-state index in [1.165, 1.54) is 0 Å². The van der Waals surface area contributed by atoms with E-state index in [1.54, 1.807) is 36.4 Å². The smallest absolute Gasteiger partial charge is 0.234 e. The van der Waals surface area contributed by atoms with Gasteiger partial charge in [-0.2, -0.15) is 11.8 Å². The summed E-state index contributed by atoms with van der Waals surface area (Å²) >= 11 is 1.82. The molecule has 0 unspecified atom stereocenters. The van der Waals surface area contributed by atoms with Crippen LogP contribution in [0.1, 0.15) is 71.9 Å². The summed E-state index contributed by atoms with van der Waals surface area (Å²) in [5.41, 5.74) is 2.12. The zero-order valence-electron chi connectivity index (χ0n) is 25.8. The number of hydrogen-bond donors (Lipinski definition) is 3. The van der Waals surface area contributed by atoms with Gasteiger partial charge in [-0.25, -0.2) is 0 Å². The van der Waals surface area contributed by atoms with Crippen LogP contribution in [0.2, 0.25) is 0 Å². The lowest BCUT2D eigenvalue weighted by atomic mass is 9.82. The van der Waals surface area contributed by atoms with Crippen molar-refractivity contribution in [3.05, 3.63) is 58.7 Å². The summed E-state index contributed by atoms with van der Waals surface area (Å²) in [6, 6.07) is 10.2. The third-order valence-corrected chi connectivity index (χ3v) is 8.04. The van der Waals surface area contributed by atoms with Crippen LogP contribution in [0.3, 0.4) is 0 Å². The molecule has 0 heterocycles. The van der Waals surface area contributed by atoms with Gasteiger partial charge in [-0.1, -0.05) is 45.0 Å². The molecule has 10 heteroatoms. The number of nitrogens with zero attached hydrogens (tertiary/aromatic N) is 2. The van der Waals surface area contributed by atoms with Crippen LogP contribution in [0, 0.1) is 0 Å². The van der Waals surface area contributed by atoms with Crippen molar-refractivity contribution < 1.29 is 19.2 Å². The molecule has 0 saturated heterocycles. The largest absolute Gasteiger partial charge is 0.384 e. The number of carbonyl (C=O) groups is 4. The first kappa shape index (κ1) is 33.3. The number of rotatable bonds is 15. The van der Waals surface area contributed by atoms with Gasteiger partial charge in [-0.15, -0.1) is 0 Å². The number of anilines is 2. The summed E-state index contributed by atoms with van der Waals surface area (Å²) in [6.45, 7) is 9.41. The van der Waals surface area contributed by atoms with Gasteiger partial charge >= 0.3 is 0 Å². The number of likely N-dealkylation sites (N-methyl/N-ethyl adjacent to an activating group) is 1. The number of thioether (sulfide) groups is 1. The monoisotopic (exact) mass is 595 g/mol. The van der Waals surface area contributed by atoms with Crippen molar-refractivity contribution in [1.82, 2.24) is 15.1 Å². The molecule has 2 amide bonds. The summed E-state index contributed by atoms with van der Waals surface area (Å²) in [5.74, 6) is 0.150. The van der Waals surface area contributed by atoms with Crippen molar-refractivity contribution in [2.24, 2.45) is 0 Å². The summed E-state index contributed by atoms with van der Waals surface area (Å²) in [6.07, 6.45) is 1.72. The lowest BCUT2D eigenvalue weighted by Crippen LogP contribution is -2.37. The quantitative estimate of drug-likeness (QED) is 0.225. The molecule has 2 aromatic carbocycles. The molecule has 0 atom stereocenters. The summed E-state index contributed by atoms with van der Waals surface area (Å²) in [4.78, 5) is 56.1. The topological polar surface area (TPSA) is 111 Å². The van der Waals surface area contributed by atoms with Crippen LogP contribution in [0.5, 0.6) is 0 Å². The predicted octanol–water partition coefficient (Wildman–Crippen LogP) is 4.12. The van der Waals surface area contributed by atoms with E-state index in [4.69, 9.17) is 0 Å². The van der Waals surface area contributed by atoms with Gasteiger partial charge in [0.15, 0.2) is 11.6 Å². The first-order valence-electron chi connectivity index (χ1n) is 14.5. The van der Waals surface area contributed by atoms with Crippen LogP contribution >= 0.6 is 11.8 Å². The zero-order valence-corrected chi connectivity index (χ0v) is 26.6. The van der Waals surface area contributed by atoms with Gasteiger partial charge in [0, 0.05) is 53.4 Å². The maximum Gasteiger partial charge on any atom is 0.234 e. The molecule has 42 heavy (non-hydrogen) atoms. The number of carbonyl (C=O) groups excluding carboxylic acids is 4. The van der Waals surface area contributed by atoms with Gasteiger partial charge in [0.25, 0.3) is 0 Å². The lowest BCUT2D eigenvalue weighted by Gasteiger charge is -2.24. The maximum absolute atomic E-state index is 13.6.